The van der Waals surface area contributed by atoms with Gasteiger partial charge in [-0.05, 0) is 38.1 Å². The topological polar surface area (TPSA) is 54.4 Å². The largest absolute Gasteiger partial charge is 0.480 e. The second kappa shape index (κ2) is 4.10. The molecule has 0 aliphatic carbocycles. The van der Waals surface area contributed by atoms with Crippen LogP contribution in [0.25, 0.3) is 0 Å². The first-order valence-corrected chi connectivity index (χ1v) is 5.41. The monoisotopic (exact) mass is 230 g/mol. The molecule has 0 radical (unpaired) electrons. The Morgan fingerprint density at radius 3 is 2.20 bits per heavy atom. The summed E-state index contributed by atoms with van der Waals surface area (Å²) in [4.78, 5) is 11.1. The molecule has 0 saturated carbocycles. The van der Waals surface area contributed by atoms with Crippen LogP contribution in [0.1, 0.15) is 13.8 Å². The molecule has 0 spiro atoms. The second-order valence-corrected chi connectivity index (χ2v) is 5.57. The molecule has 0 heterocycles. The van der Waals surface area contributed by atoms with E-state index in [0.29, 0.717) is 4.90 Å². The van der Waals surface area contributed by atoms with Crippen LogP contribution < -0.4 is 0 Å². The first kappa shape index (κ1) is 11.8. The lowest BCUT2D eigenvalue weighted by atomic mass is 10.2. The fourth-order valence-electron chi connectivity index (χ4n) is 0.932. The smallest absolute Gasteiger partial charge is 0.322 e. The van der Waals surface area contributed by atoms with Gasteiger partial charge in [0.1, 0.15) is 10.6 Å². The molecule has 0 aliphatic heterocycles. The predicted molar refractivity (Wildman–Crippen MR) is 54.5 cm³/mol. The van der Waals surface area contributed by atoms with Crippen molar-refractivity contribution < 1.29 is 18.5 Å². The van der Waals surface area contributed by atoms with Gasteiger partial charge in [0.25, 0.3) is 0 Å². The lowest BCUT2D eigenvalue weighted by Crippen LogP contribution is -2.36. The molecule has 1 aromatic carbocycles. The molecule has 0 bridgehead atoms. The average Bonchev–Trinajstić information content (AvgIpc) is 2.17. The van der Waals surface area contributed by atoms with E-state index in [1.54, 1.807) is 0 Å². The van der Waals surface area contributed by atoms with Gasteiger partial charge in [0.15, 0.2) is 0 Å². The van der Waals surface area contributed by atoms with E-state index in [2.05, 4.69) is 0 Å². The highest BCUT2D eigenvalue weighted by Crippen LogP contribution is 2.21. The van der Waals surface area contributed by atoms with Crippen LogP contribution in [0.3, 0.4) is 0 Å². The summed E-state index contributed by atoms with van der Waals surface area (Å²) >= 11 is 0. The molecule has 82 valence electrons. The number of rotatable bonds is 3. The molecular formula is C10H11FO3S. The third kappa shape index (κ3) is 2.41. The Labute approximate surface area is 89.4 Å². The van der Waals surface area contributed by atoms with Crippen molar-refractivity contribution in [1.82, 2.24) is 0 Å². The minimum Gasteiger partial charge on any atom is -0.480 e. The van der Waals surface area contributed by atoms with E-state index in [9.17, 15) is 13.4 Å². The van der Waals surface area contributed by atoms with Gasteiger partial charge >= 0.3 is 5.97 Å². The predicted octanol–water partition coefficient (Wildman–Crippen LogP) is 1.80. The third-order valence-corrected chi connectivity index (χ3v) is 3.81. The van der Waals surface area contributed by atoms with Crippen LogP contribution in [0.4, 0.5) is 4.39 Å². The minimum atomic E-state index is -1.70. The quantitative estimate of drug-likeness (QED) is 0.861. The number of carbonyl (C=O) groups is 1. The molecule has 0 aliphatic rings. The van der Waals surface area contributed by atoms with Gasteiger partial charge in [-0.15, -0.1) is 0 Å². The second-order valence-electron chi connectivity index (χ2n) is 3.54. The van der Waals surface area contributed by atoms with E-state index in [1.165, 1.54) is 26.0 Å². The number of aliphatic carboxylic acids is 1. The standard InChI is InChI=1S/C10H11FO3S/c1-10(2,9(12)13)15(14)8-5-3-7(11)4-6-8/h3-6H,1-2H3,(H,12,13). The number of halogens is 1. The highest BCUT2D eigenvalue weighted by atomic mass is 32.2. The number of carboxylic acids is 1. The molecule has 15 heavy (non-hydrogen) atoms. The molecule has 1 N–H and O–H groups in total. The van der Waals surface area contributed by atoms with Crippen LogP contribution in [0.2, 0.25) is 0 Å². The van der Waals surface area contributed by atoms with Gasteiger partial charge < -0.3 is 5.11 Å². The van der Waals surface area contributed by atoms with Gasteiger partial charge in [0.05, 0.1) is 10.8 Å². The molecule has 0 fully saturated rings. The van der Waals surface area contributed by atoms with Gasteiger partial charge in [-0.25, -0.2) is 4.39 Å². The number of carboxylic acid groups (broad SMARTS) is 1. The summed E-state index contributed by atoms with van der Waals surface area (Å²) in [6.45, 7) is 2.74. The Kier molecular flexibility index (Phi) is 3.24. The lowest BCUT2D eigenvalue weighted by molar-refractivity contribution is -0.139. The fraction of sp³-hybridized carbons (Fsp3) is 0.300. The SMILES string of the molecule is CC(C)(C(=O)O)S(=O)c1ccc(F)cc1. The van der Waals surface area contributed by atoms with Gasteiger partial charge in [-0.3, -0.25) is 9.00 Å². The molecule has 0 saturated heterocycles. The number of hydrogen-bond acceptors (Lipinski definition) is 2. The zero-order valence-corrected chi connectivity index (χ0v) is 9.18. The Balaban J connectivity index is 3.05. The molecule has 1 atom stereocenters. The van der Waals surface area contributed by atoms with Crippen molar-refractivity contribution in [2.45, 2.75) is 23.5 Å². The molecule has 1 aromatic rings. The molecule has 3 nitrogen and oxygen atoms in total. The highest BCUT2D eigenvalue weighted by molar-refractivity contribution is 7.87. The summed E-state index contributed by atoms with van der Waals surface area (Å²) in [6, 6.07) is 4.97. The normalized spacial score (nSPS) is 13.5. The Morgan fingerprint density at radius 1 is 1.33 bits per heavy atom. The van der Waals surface area contributed by atoms with Crippen molar-refractivity contribution in [3.05, 3.63) is 30.1 Å². The molecule has 5 heteroatoms. The number of hydrogen-bond donors (Lipinski definition) is 1. The summed E-state index contributed by atoms with van der Waals surface area (Å²) < 4.78 is 23.0. The maximum atomic E-state index is 12.6. The van der Waals surface area contributed by atoms with E-state index in [4.69, 9.17) is 5.11 Å². The average molecular weight is 230 g/mol. The Hall–Kier alpha value is -1.23. The van der Waals surface area contributed by atoms with Crippen LogP contribution in [-0.4, -0.2) is 20.0 Å². The van der Waals surface area contributed by atoms with Crippen LogP contribution in [0.15, 0.2) is 29.2 Å². The van der Waals surface area contributed by atoms with Crippen LogP contribution in [0.5, 0.6) is 0 Å². The first-order valence-electron chi connectivity index (χ1n) is 4.26. The summed E-state index contributed by atoms with van der Waals surface area (Å²) in [5, 5.41) is 8.86. The summed E-state index contributed by atoms with van der Waals surface area (Å²) in [5.41, 5.74) is 0. The van der Waals surface area contributed by atoms with E-state index >= 15 is 0 Å². The molecule has 0 amide bonds. The maximum Gasteiger partial charge on any atom is 0.322 e. The number of benzene rings is 1. The zero-order chi connectivity index (χ0) is 11.6. The van der Waals surface area contributed by atoms with Crippen molar-refractivity contribution in [2.24, 2.45) is 0 Å². The minimum absolute atomic E-state index is 0.309. The first-order chi connectivity index (χ1) is 6.85. The highest BCUT2D eigenvalue weighted by Gasteiger charge is 2.35. The summed E-state index contributed by atoms with van der Waals surface area (Å²) in [5.74, 6) is -1.59. The van der Waals surface area contributed by atoms with Crippen LogP contribution in [0, 0.1) is 5.82 Å². The van der Waals surface area contributed by atoms with Crippen molar-refractivity contribution >= 4 is 16.8 Å². The third-order valence-electron chi connectivity index (χ3n) is 2.01. The molecule has 0 aromatic heterocycles. The van der Waals surface area contributed by atoms with Gasteiger partial charge in [-0.2, -0.15) is 0 Å². The summed E-state index contributed by atoms with van der Waals surface area (Å²) in [7, 11) is -1.70. The lowest BCUT2D eigenvalue weighted by Gasteiger charge is -2.18. The van der Waals surface area contributed by atoms with Crippen molar-refractivity contribution in [3.63, 3.8) is 0 Å². The van der Waals surface area contributed by atoms with Crippen molar-refractivity contribution in [3.8, 4) is 0 Å². The maximum absolute atomic E-state index is 12.6. The van der Waals surface area contributed by atoms with Gasteiger partial charge in [-0.1, -0.05) is 0 Å². The van der Waals surface area contributed by atoms with Crippen molar-refractivity contribution in [1.29, 1.82) is 0 Å². The van der Waals surface area contributed by atoms with E-state index < -0.39 is 27.3 Å². The fourth-order valence-corrected chi connectivity index (χ4v) is 2.06. The van der Waals surface area contributed by atoms with E-state index in [-0.39, 0.29) is 0 Å². The van der Waals surface area contributed by atoms with E-state index in [1.807, 2.05) is 0 Å². The van der Waals surface area contributed by atoms with Crippen molar-refractivity contribution in [2.75, 3.05) is 0 Å². The van der Waals surface area contributed by atoms with Gasteiger partial charge in [0, 0.05) is 4.90 Å². The van der Waals surface area contributed by atoms with Gasteiger partial charge in [0.2, 0.25) is 0 Å². The molecule has 1 unspecified atom stereocenters. The van der Waals surface area contributed by atoms with E-state index in [0.717, 1.165) is 12.1 Å². The van der Waals surface area contributed by atoms with Crippen LogP contribution in [-0.2, 0) is 15.6 Å². The summed E-state index contributed by atoms with van der Waals surface area (Å²) in [6.07, 6.45) is 0. The Bertz CT molecular complexity index is 398. The molecular weight excluding hydrogens is 219 g/mol. The van der Waals surface area contributed by atoms with Crippen LogP contribution >= 0.6 is 0 Å². The molecule has 1 rings (SSSR count). The Morgan fingerprint density at radius 2 is 1.80 bits per heavy atom. The zero-order valence-electron chi connectivity index (χ0n) is 8.36.